The lowest BCUT2D eigenvalue weighted by Crippen LogP contribution is -2.20. The average molecular weight is 372 g/mol. The number of aromatic carboxylic acids is 1. The van der Waals surface area contributed by atoms with Gasteiger partial charge in [0, 0.05) is 28.0 Å². The van der Waals surface area contributed by atoms with Gasteiger partial charge in [-0.15, -0.1) is 0 Å². The Morgan fingerprint density at radius 1 is 0.929 bits per heavy atom. The number of aromatic hydroxyl groups is 1. The Balaban J connectivity index is 2.13. The van der Waals surface area contributed by atoms with Crippen LogP contribution in [0, 0.1) is 0 Å². The Morgan fingerprint density at radius 3 is 2.39 bits per heavy atom. The Hall–Kier alpha value is -3.86. The second kappa shape index (κ2) is 6.39. The molecule has 0 fully saturated rings. The number of phenols is 1. The molecule has 0 aliphatic carbocycles. The van der Waals surface area contributed by atoms with Crippen molar-refractivity contribution in [2.24, 2.45) is 0 Å². The van der Waals surface area contributed by atoms with Crippen molar-refractivity contribution in [1.82, 2.24) is 0 Å². The number of carbonyl (C=O) groups is 2. The number of Topliss-reactive ketones (excluding diaryl/α,β-unsaturated/α-hetero) is 1. The molecule has 28 heavy (non-hydrogen) atoms. The number of hydrogen-bond donors (Lipinski definition) is 2. The van der Waals surface area contributed by atoms with Crippen LogP contribution < -0.4 is 15.2 Å². The fourth-order valence-electron chi connectivity index (χ4n) is 3.37. The zero-order valence-electron chi connectivity index (χ0n) is 15.0. The molecule has 5 nitrogen and oxygen atoms in total. The van der Waals surface area contributed by atoms with Gasteiger partial charge in [0.05, 0.1) is 5.56 Å². The molecule has 0 unspecified atom stereocenters. The molecule has 0 saturated heterocycles. The van der Waals surface area contributed by atoms with Gasteiger partial charge in [-0.2, -0.15) is 0 Å². The molecule has 3 aromatic carbocycles. The molecule has 1 heterocycles. The zero-order valence-corrected chi connectivity index (χ0v) is 15.0. The molecular weight excluding hydrogens is 356 g/mol. The van der Waals surface area contributed by atoms with Gasteiger partial charge >= 0.3 is 5.97 Å². The molecule has 2 N–H and O–H groups in total. The van der Waals surface area contributed by atoms with Gasteiger partial charge in [0.15, 0.2) is 5.78 Å². The number of carboxylic acid groups (broad SMARTS) is 1. The van der Waals surface area contributed by atoms with E-state index in [9.17, 15) is 19.8 Å². The smallest absolute Gasteiger partial charge is 0.336 e. The minimum atomic E-state index is -1.13. The fraction of sp³-hybridized carbons (Fsp3) is 0.0435. The summed E-state index contributed by atoms with van der Waals surface area (Å²) in [6, 6.07) is 14.7. The molecular formula is C23H16O5. The van der Waals surface area contributed by atoms with E-state index in [4.69, 9.17) is 4.74 Å². The predicted octanol–water partition coefficient (Wildman–Crippen LogP) is 3.06. The molecule has 138 valence electrons. The minimum Gasteiger partial charge on any atom is -0.508 e. The van der Waals surface area contributed by atoms with E-state index in [0.29, 0.717) is 39.0 Å². The van der Waals surface area contributed by atoms with Crippen LogP contribution in [0.1, 0.15) is 38.8 Å². The number of ether oxygens (including phenoxy) is 1. The first-order chi connectivity index (χ1) is 13.3. The van der Waals surface area contributed by atoms with Gasteiger partial charge in [0.2, 0.25) is 0 Å². The van der Waals surface area contributed by atoms with E-state index in [0.717, 1.165) is 5.22 Å². The van der Waals surface area contributed by atoms with Crippen molar-refractivity contribution in [3.8, 4) is 17.2 Å². The fourth-order valence-corrected chi connectivity index (χ4v) is 3.37. The molecule has 0 radical (unpaired) electrons. The molecule has 1 aliphatic rings. The average Bonchev–Trinajstić information content (AvgIpc) is 2.65. The van der Waals surface area contributed by atoms with Crippen LogP contribution in [0.15, 0.2) is 54.6 Å². The molecule has 0 saturated carbocycles. The number of carbonyl (C=O) groups excluding carboxylic acids is 1. The molecule has 0 aromatic heterocycles. The predicted molar refractivity (Wildman–Crippen MR) is 104 cm³/mol. The summed E-state index contributed by atoms with van der Waals surface area (Å²) < 4.78 is 5.93. The second-order valence-electron chi connectivity index (χ2n) is 6.61. The summed E-state index contributed by atoms with van der Waals surface area (Å²) in [6.07, 6.45) is 0. The maximum Gasteiger partial charge on any atom is 0.336 e. The van der Waals surface area contributed by atoms with E-state index < -0.39 is 5.97 Å². The molecule has 1 aliphatic heterocycles. The van der Waals surface area contributed by atoms with Crippen LogP contribution in [-0.4, -0.2) is 22.0 Å². The summed E-state index contributed by atoms with van der Waals surface area (Å²) in [5.41, 5.74) is 2.12. The summed E-state index contributed by atoms with van der Waals surface area (Å²) in [4.78, 5) is 23.7. The van der Waals surface area contributed by atoms with E-state index in [2.05, 4.69) is 6.58 Å². The van der Waals surface area contributed by atoms with Gasteiger partial charge in [-0.05, 0) is 42.0 Å². The third-order valence-corrected chi connectivity index (χ3v) is 4.70. The maximum absolute atomic E-state index is 12.0. The summed E-state index contributed by atoms with van der Waals surface area (Å²) in [7, 11) is 0. The van der Waals surface area contributed by atoms with Crippen molar-refractivity contribution in [2.45, 2.75) is 6.92 Å². The number of rotatable bonds is 3. The van der Waals surface area contributed by atoms with Crippen molar-refractivity contribution in [3.63, 3.8) is 0 Å². The normalized spacial score (nSPS) is 12.0. The van der Waals surface area contributed by atoms with Crippen LogP contribution >= 0.6 is 0 Å². The van der Waals surface area contributed by atoms with E-state index >= 15 is 0 Å². The highest BCUT2D eigenvalue weighted by Gasteiger charge is 2.24. The van der Waals surface area contributed by atoms with Gasteiger partial charge in [0.1, 0.15) is 17.2 Å². The maximum atomic E-state index is 12.0. The van der Waals surface area contributed by atoms with Crippen LogP contribution in [0.4, 0.5) is 0 Å². The Kier molecular flexibility index (Phi) is 4.00. The topological polar surface area (TPSA) is 83.8 Å². The highest BCUT2D eigenvalue weighted by atomic mass is 16.5. The third kappa shape index (κ3) is 2.83. The Bertz CT molecular complexity index is 1270. The van der Waals surface area contributed by atoms with Gasteiger partial charge in [0.25, 0.3) is 0 Å². The molecule has 5 heteroatoms. The molecule has 0 spiro atoms. The third-order valence-electron chi connectivity index (χ3n) is 4.70. The highest BCUT2D eigenvalue weighted by molar-refractivity contribution is 6.02. The first-order valence-corrected chi connectivity index (χ1v) is 8.58. The molecule has 0 amide bonds. The lowest BCUT2D eigenvalue weighted by atomic mass is 9.88. The number of carboxylic acids is 1. The number of benzene rings is 3. The summed E-state index contributed by atoms with van der Waals surface area (Å²) in [6.45, 7) is 5.30. The van der Waals surface area contributed by atoms with Crippen LogP contribution in [0.3, 0.4) is 0 Å². The summed E-state index contributed by atoms with van der Waals surface area (Å²) in [5, 5.41) is 21.1. The van der Waals surface area contributed by atoms with Gasteiger partial charge in [-0.1, -0.05) is 30.8 Å². The quantitative estimate of drug-likeness (QED) is 0.540. The van der Waals surface area contributed by atoms with Crippen LogP contribution in [0.2, 0.25) is 0 Å². The lowest BCUT2D eigenvalue weighted by molar-refractivity contribution is 0.0696. The van der Waals surface area contributed by atoms with Crippen molar-refractivity contribution in [2.75, 3.05) is 0 Å². The van der Waals surface area contributed by atoms with E-state index in [-0.39, 0.29) is 17.1 Å². The van der Waals surface area contributed by atoms with Crippen molar-refractivity contribution in [3.05, 3.63) is 87.3 Å². The van der Waals surface area contributed by atoms with E-state index in [1.165, 1.54) is 25.1 Å². The van der Waals surface area contributed by atoms with Crippen LogP contribution in [0.5, 0.6) is 17.2 Å². The monoisotopic (exact) mass is 372 g/mol. The highest BCUT2D eigenvalue weighted by Crippen LogP contribution is 2.38. The Morgan fingerprint density at radius 2 is 1.68 bits per heavy atom. The molecule has 0 bridgehead atoms. The number of phenolic OH excluding ortho intramolecular Hbond substituents is 1. The minimum absolute atomic E-state index is 0.0216. The first-order valence-electron chi connectivity index (χ1n) is 8.58. The number of ketones is 1. The number of fused-ring (bicyclic) bond motifs is 2. The molecule has 3 aromatic rings. The standard InChI is InChI=1S/C23H16O5/c1-12-3-6-17-20(9-12)28-21-11-15(25)5-8-18(21)22(17)16-7-4-14(13(2)24)10-19(16)23(26)27/h3-11,25H,1H2,2H3,(H,26,27). The molecule has 0 atom stereocenters. The summed E-state index contributed by atoms with van der Waals surface area (Å²) in [5.74, 6) is -0.364. The SMILES string of the molecule is C=c1ccc2c(c1)Oc1cc(O)ccc1C=2c1ccc(C(C)=O)cc1C(=O)O. The Labute approximate surface area is 160 Å². The van der Waals surface area contributed by atoms with Crippen LogP contribution in [-0.2, 0) is 0 Å². The van der Waals surface area contributed by atoms with Crippen molar-refractivity contribution < 1.29 is 24.5 Å². The van der Waals surface area contributed by atoms with Crippen molar-refractivity contribution in [1.29, 1.82) is 0 Å². The van der Waals surface area contributed by atoms with Gasteiger partial charge < -0.3 is 14.9 Å². The number of hydrogen-bond acceptors (Lipinski definition) is 4. The van der Waals surface area contributed by atoms with Crippen molar-refractivity contribution >= 4 is 23.9 Å². The summed E-state index contributed by atoms with van der Waals surface area (Å²) >= 11 is 0. The molecule has 4 rings (SSSR count). The van der Waals surface area contributed by atoms with Crippen LogP contribution in [0.25, 0.3) is 12.2 Å². The zero-order chi connectivity index (χ0) is 20.0. The van der Waals surface area contributed by atoms with E-state index in [1.807, 2.05) is 12.1 Å². The van der Waals surface area contributed by atoms with Gasteiger partial charge in [-0.3, -0.25) is 4.79 Å². The largest absolute Gasteiger partial charge is 0.508 e. The first kappa shape index (κ1) is 17.5. The second-order valence-corrected chi connectivity index (χ2v) is 6.61. The van der Waals surface area contributed by atoms with Gasteiger partial charge in [-0.25, -0.2) is 4.79 Å². The van der Waals surface area contributed by atoms with E-state index in [1.54, 1.807) is 24.3 Å². The lowest BCUT2D eigenvalue weighted by Gasteiger charge is -2.22.